The number of nitrogens with two attached hydrogens (primary N) is 1. The van der Waals surface area contributed by atoms with E-state index in [-0.39, 0.29) is 5.69 Å². The van der Waals surface area contributed by atoms with Crippen LogP contribution in [-0.4, -0.2) is 28.0 Å². The van der Waals surface area contributed by atoms with Crippen molar-refractivity contribution in [2.24, 2.45) is 0 Å². The predicted octanol–water partition coefficient (Wildman–Crippen LogP) is 1.16. The lowest BCUT2D eigenvalue weighted by Gasteiger charge is -2.09. The molecule has 0 aliphatic heterocycles. The maximum absolute atomic E-state index is 11.4. The van der Waals surface area contributed by atoms with Gasteiger partial charge in [-0.25, -0.2) is 19.7 Å². The zero-order valence-corrected chi connectivity index (χ0v) is 11.3. The highest BCUT2D eigenvalue weighted by molar-refractivity contribution is 5.88. The third kappa shape index (κ3) is 3.19. The number of nitrogens with zero attached hydrogens (tertiary/aromatic N) is 3. The molecule has 7 nitrogen and oxygen atoms in total. The number of nitrogen functional groups attached to an aromatic ring is 1. The van der Waals surface area contributed by atoms with E-state index < -0.39 is 5.97 Å². The van der Waals surface area contributed by atoms with E-state index in [4.69, 9.17) is 5.73 Å². The summed E-state index contributed by atoms with van der Waals surface area (Å²) in [5.41, 5.74) is 7.27. The van der Waals surface area contributed by atoms with Crippen LogP contribution < -0.4 is 11.1 Å². The van der Waals surface area contributed by atoms with Crippen LogP contribution in [0.2, 0.25) is 0 Å². The van der Waals surface area contributed by atoms with Crippen molar-refractivity contribution < 1.29 is 9.53 Å². The first kappa shape index (κ1) is 13.7. The lowest BCUT2D eigenvalue weighted by molar-refractivity contribution is 0.0594. The average Bonchev–Trinajstić information content (AvgIpc) is 2.45. The van der Waals surface area contributed by atoms with Crippen LogP contribution in [0.5, 0.6) is 0 Å². The van der Waals surface area contributed by atoms with Crippen LogP contribution in [0.25, 0.3) is 0 Å². The monoisotopic (exact) mass is 273 g/mol. The second-order valence-corrected chi connectivity index (χ2v) is 4.07. The second kappa shape index (κ2) is 5.96. The normalized spacial score (nSPS) is 10.1. The Morgan fingerprint density at radius 1 is 1.35 bits per heavy atom. The number of nitrogens with one attached hydrogen (secondary N) is 1. The minimum atomic E-state index is -0.508. The van der Waals surface area contributed by atoms with Gasteiger partial charge in [0.25, 0.3) is 0 Å². The lowest BCUT2D eigenvalue weighted by Crippen LogP contribution is -2.10. The smallest absolute Gasteiger partial charge is 0.356 e. The van der Waals surface area contributed by atoms with Gasteiger partial charge in [0.05, 0.1) is 25.0 Å². The van der Waals surface area contributed by atoms with E-state index in [1.807, 2.05) is 6.92 Å². The third-order valence-electron chi connectivity index (χ3n) is 2.59. The van der Waals surface area contributed by atoms with Gasteiger partial charge in [0.1, 0.15) is 5.82 Å². The lowest BCUT2D eigenvalue weighted by atomic mass is 10.3. The Bertz CT molecular complexity index is 630. The zero-order chi connectivity index (χ0) is 14.5. The number of rotatable bonds is 4. The molecule has 104 valence electrons. The number of ether oxygens (including phenoxy) is 1. The van der Waals surface area contributed by atoms with Crippen molar-refractivity contribution in [1.29, 1.82) is 0 Å². The number of carbonyl (C=O) groups is 1. The summed E-state index contributed by atoms with van der Waals surface area (Å²) in [5, 5.41) is 3.04. The van der Waals surface area contributed by atoms with Crippen molar-refractivity contribution in [2.45, 2.75) is 13.5 Å². The molecule has 0 spiro atoms. The predicted molar refractivity (Wildman–Crippen MR) is 74.1 cm³/mol. The third-order valence-corrected chi connectivity index (χ3v) is 2.59. The maximum atomic E-state index is 11.4. The van der Waals surface area contributed by atoms with Gasteiger partial charge in [0.15, 0.2) is 11.5 Å². The molecule has 0 aliphatic carbocycles. The molecule has 0 radical (unpaired) electrons. The molecule has 2 aromatic rings. The van der Waals surface area contributed by atoms with Gasteiger partial charge in [-0.3, -0.25) is 0 Å². The van der Waals surface area contributed by atoms with Crippen LogP contribution in [-0.2, 0) is 11.3 Å². The van der Waals surface area contributed by atoms with Gasteiger partial charge >= 0.3 is 5.97 Å². The Balaban J connectivity index is 2.14. The summed E-state index contributed by atoms with van der Waals surface area (Å²) in [6.07, 6.45) is 1.68. The summed E-state index contributed by atoms with van der Waals surface area (Å²) in [6, 6.07) is 4.91. The van der Waals surface area contributed by atoms with E-state index in [1.165, 1.54) is 13.2 Å². The molecule has 0 bridgehead atoms. The molecule has 0 aromatic carbocycles. The zero-order valence-electron chi connectivity index (χ0n) is 11.3. The number of methoxy groups -OCH3 is 1. The Morgan fingerprint density at radius 2 is 2.15 bits per heavy atom. The number of hydrogen-bond acceptors (Lipinski definition) is 7. The van der Waals surface area contributed by atoms with Crippen LogP contribution in [0.3, 0.4) is 0 Å². The molecule has 3 N–H and O–H groups in total. The molecular formula is C13H15N5O2. The molecule has 0 fully saturated rings. The molecule has 2 rings (SSSR count). The van der Waals surface area contributed by atoms with E-state index in [2.05, 4.69) is 25.0 Å². The molecule has 2 aromatic heterocycles. The fourth-order valence-electron chi connectivity index (χ4n) is 1.61. The number of anilines is 2. The first-order valence-corrected chi connectivity index (χ1v) is 5.97. The van der Waals surface area contributed by atoms with Crippen molar-refractivity contribution in [1.82, 2.24) is 15.0 Å². The van der Waals surface area contributed by atoms with Crippen LogP contribution in [0.15, 0.2) is 24.4 Å². The van der Waals surface area contributed by atoms with Crippen molar-refractivity contribution in [3.05, 3.63) is 41.6 Å². The number of hydrogen-bond donors (Lipinski definition) is 2. The van der Waals surface area contributed by atoms with Gasteiger partial charge in [-0.2, -0.15) is 0 Å². The molecule has 0 aliphatic rings. The van der Waals surface area contributed by atoms with Crippen molar-refractivity contribution in [3.8, 4) is 0 Å². The van der Waals surface area contributed by atoms with Gasteiger partial charge in [0, 0.05) is 6.20 Å². The Hall–Kier alpha value is -2.70. The summed E-state index contributed by atoms with van der Waals surface area (Å²) in [5.74, 6) is 0.601. The Morgan fingerprint density at radius 3 is 2.85 bits per heavy atom. The first-order valence-electron chi connectivity index (χ1n) is 5.97. The fraction of sp³-hybridized carbons (Fsp3) is 0.231. The first-order chi connectivity index (χ1) is 9.60. The molecule has 0 amide bonds. The van der Waals surface area contributed by atoms with Gasteiger partial charge < -0.3 is 15.8 Å². The molecule has 0 saturated heterocycles. The molecule has 20 heavy (non-hydrogen) atoms. The van der Waals surface area contributed by atoms with Crippen LogP contribution >= 0.6 is 0 Å². The fourth-order valence-corrected chi connectivity index (χ4v) is 1.61. The minimum absolute atomic E-state index is 0.197. The van der Waals surface area contributed by atoms with E-state index in [1.54, 1.807) is 18.3 Å². The number of aromatic nitrogens is 3. The highest BCUT2D eigenvalue weighted by atomic mass is 16.5. The van der Waals surface area contributed by atoms with E-state index in [0.717, 1.165) is 5.69 Å². The van der Waals surface area contributed by atoms with Gasteiger partial charge in [-0.15, -0.1) is 0 Å². The van der Waals surface area contributed by atoms with Crippen LogP contribution in [0.4, 0.5) is 11.5 Å². The number of aryl methyl sites for hydroxylation is 1. The van der Waals surface area contributed by atoms with Gasteiger partial charge in [0.2, 0.25) is 0 Å². The maximum Gasteiger partial charge on any atom is 0.356 e. The van der Waals surface area contributed by atoms with Crippen LogP contribution in [0, 0.1) is 6.92 Å². The number of esters is 1. The SMILES string of the molecule is COC(=O)c1ccc(N)c(NCc2ccnc(C)n2)n1. The Labute approximate surface area is 116 Å². The molecular weight excluding hydrogens is 258 g/mol. The average molecular weight is 273 g/mol. The summed E-state index contributed by atoms with van der Waals surface area (Å²) < 4.78 is 4.62. The van der Waals surface area contributed by atoms with Crippen molar-refractivity contribution in [2.75, 3.05) is 18.2 Å². The second-order valence-electron chi connectivity index (χ2n) is 4.07. The van der Waals surface area contributed by atoms with Crippen molar-refractivity contribution >= 4 is 17.5 Å². The van der Waals surface area contributed by atoms with E-state index in [0.29, 0.717) is 23.9 Å². The molecule has 2 heterocycles. The molecule has 7 heteroatoms. The van der Waals surface area contributed by atoms with Gasteiger partial charge in [-0.1, -0.05) is 0 Å². The highest BCUT2D eigenvalue weighted by Gasteiger charge is 2.10. The topological polar surface area (TPSA) is 103 Å². The highest BCUT2D eigenvalue weighted by Crippen LogP contribution is 2.16. The largest absolute Gasteiger partial charge is 0.464 e. The van der Waals surface area contributed by atoms with Crippen LogP contribution in [0.1, 0.15) is 22.0 Å². The summed E-state index contributed by atoms with van der Waals surface area (Å²) in [7, 11) is 1.30. The van der Waals surface area contributed by atoms with Crippen molar-refractivity contribution in [3.63, 3.8) is 0 Å². The molecule has 0 atom stereocenters. The number of pyridine rings is 1. The molecule has 0 saturated carbocycles. The molecule has 0 unspecified atom stereocenters. The number of carbonyl (C=O) groups excluding carboxylic acids is 1. The summed E-state index contributed by atoms with van der Waals surface area (Å²) >= 11 is 0. The minimum Gasteiger partial charge on any atom is -0.464 e. The Kier molecular flexibility index (Phi) is 4.09. The van der Waals surface area contributed by atoms with E-state index in [9.17, 15) is 4.79 Å². The van der Waals surface area contributed by atoms with E-state index >= 15 is 0 Å². The summed E-state index contributed by atoms with van der Waals surface area (Å²) in [6.45, 7) is 2.25. The quantitative estimate of drug-likeness (QED) is 0.805. The van der Waals surface area contributed by atoms with Gasteiger partial charge in [-0.05, 0) is 25.1 Å². The standard InChI is InChI=1S/C13H15N5O2/c1-8-15-6-5-9(17-8)7-16-12-10(14)3-4-11(18-12)13(19)20-2/h3-6H,7,14H2,1-2H3,(H,16,18). The summed E-state index contributed by atoms with van der Waals surface area (Å²) in [4.78, 5) is 23.8.